The summed E-state index contributed by atoms with van der Waals surface area (Å²) in [5, 5.41) is 11.0. The minimum absolute atomic E-state index is 0.234. The number of anilines is 1. The maximum atomic E-state index is 11.9. The third kappa shape index (κ3) is 3.12. The first-order valence-electron chi connectivity index (χ1n) is 7.85. The zero-order chi connectivity index (χ0) is 17.3. The van der Waals surface area contributed by atoms with E-state index in [1.165, 1.54) is 6.92 Å². The van der Waals surface area contributed by atoms with E-state index in [1.807, 2.05) is 18.2 Å². The summed E-state index contributed by atoms with van der Waals surface area (Å²) in [6.07, 6.45) is 0.685. The first-order chi connectivity index (χ1) is 11.5. The third-order valence-electron chi connectivity index (χ3n) is 4.27. The molecule has 1 aromatic heterocycles. The van der Waals surface area contributed by atoms with Crippen LogP contribution in [0, 0.1) is 0 Å². The maximum Gasteiger partial charge on any atom is 0.251 e. The minimum atomic E-state index is -0.967. The number of methoxy groups -OCH3 is 1. The molecule has 7 heteroatoms. The van der Waals surface area contributed by atoms with Gasteiger partial charge in [0.15, 0.2) is 0 Å². The number of aliphatic hydroxyl groups excluding tert-OH is 1. The largest absolute Gasteiger partial charge is 0.497 e. The number of ether oxygens (including phenoxy) is 1. The van der Waals surface area contributed by atoms with E-state index in [1.54, 1.807) is 18.2 Å². The van der Waals surface area contributed by atoms with E-state index in [0.29, 0.717) is 31.2 Å². The zero-order valence-electron chi connectivity index (χ0n) is 13.7. The molecular weight excluding hydrogens is 330 g/mol. The Morgan fingerprint density at radius 3 is 2.67 bits per heavy atom. The normalized spacial score (nSPS) is 16.3. The molecule has 0 saturated carbocycles. The summed E-state index contributed by atoms with van der Waals surface area (Å²) in [6, 6.07) is 5.70. The average molecular weight is 350 g/mol. The van der Waals surface area contributed by atoms with Crippen molar-refractivity contribution in [3.8, 4) is 5.75 Å². The molecule has 1 aliphatic rings. The van der Waals surface area contributed by atoms with Gasteiger partial charge >= 0.3 is 0 Å². The molecule has 0 radical (unpaired) electrons. The number of piperazine rings is 1. The van der Waals surface area contributed by atoms with Crippen molar-refractivity contribution >= 4 is 34.1 Å². The van der Waals surface area contributed by atoms with Gasteiger partial charge < -0.3 is 19.6 Å². The van der Waals surface area contributed by atoms with Crippen LogP contribution in [0.1, 0.15) is 6.92 Å². The number of pyridine rings is 1. The number of halogens is 1. The molecule has 1 fully saturated rings. The van der Waals surface area contributed by atoms with E-state index < -0.39 is 6.10 Å². The van der Waals surface area contributed by atoms with E-state index in [2.05, 4.69) is 9.88 Å². The molecule has 3 rings (SSSR count). The topological polar surface area (TPSA) is 65.9 Å². The summed E-state index contributed by atoms with van der Waals surface area (Å²) in [5.74, 6) is 0.512. The van der Waals surface area contributed by atoms with Crippen molar-refractivity contribution in [3.05, 3.63) is 29.4 Å². The lowest BCUT2D eigenvalue weighted by Gasteiger charge is -2.37. The molecule has 0 bridgehead atoms. The molecule has 24 heavy (non-hydrogen) atoms. The smallest absolute Gasteiger partial charge is 0.251 e. The second-order valence-electron chi connectivity index (χ2n) is 5.83. The number of carbonyl (C=O) groups is 1. The van der Waals surface area contributed by atoms with Gasteiger partial charge in [0.2, 0.25) is 0 Å². The van der Waals surface area contributed by atoms with Crippen LogP contribution in [0.2, 0.25) is 5.02 Å². The minimum Gasteiger partial charge on any atom is -0.497 e. The molecule has 1 N–H and O–H groups in total. The van der Waals surface area contributed by atoms with E-state index >= 15 is 0 Å². The number of aliphatic hydroxyl groups is 1. The number of nitrogens with zero attached hydrogens (tertiary/aromatic N) is 3. The van der Waals surface area contributed by atoms with Crippen molar-refractivity contribution < 1.29 is 14.6 Å². The highest BCUT2D eigenvalue weighted by Crippen LogP contribution is 2.35. The molecule has 128 valence electrons. The number of rotatable bonds is 3. The molecule has 1 saturated heterocycles. The van der Waals surface area contributed by atoms with Gasteiger partial charge in [0.1, 0.15) is 11.9 Å². The van der Waals surface area contributed by atoms with Crippen molar-refractivity contribution in [1.29, 1.82) is 0 Å². The van der Waals surface area contributed by atoms with Gasteiger partial charge in [-0.05, 0) is 25.1 Å². The fraction of sp³-hybridized carbons (Fsp3) is 0.412. The van der Waals surface area contributed by atoms with Crippen molar-refractivity contribution in [1.82, 2.24) is 9.88 Å². The predicted octanol–water partition coefficient (Wildman–Crippen LogP) is 1.93. The second kappa shape index (κ2) is 6.83. The van der Waals surface area contributed by atoms with E-state index in [9.17, 15) is 9.90 Å². The Bertz CT molecular complexity index is 758. The lowest BCUT2D eigenvalue weighted by atomic mass is 10.1. The monoisotopic (exact) mass is 349 g/mol. The van der Waals surface area contributed by atoms with Gasteiger partial charge in [-0.15, -0.1) is 0 Å². The molecule has 6 nitrogen and oxygen atoms in total. The van der Waals surface area contributed by atoms with Crippen LogP contribution in [0.5, 0.6) is 5.75 Å². The van der Waals surface area contributed by atoms with Crippen LogP contribution in [0.25, 0.3) is 10.9 Å². The summed E-state index contributed by atoms with van der Waals surface area (Å²) in [4.78, 5) is 20.1. The Morgan fingerprint density at radius 1 is 1.33 bits per heavy atom. The Balaban J connectivity index is 1.90. The molecule has 1 atom stereocenters. The van der Waals surface area contributed by atoms with Crippen LogP contribution in [0.15, 0.2) is 24.4 Å². The maximum absolute atomic E-state index is 11.9. The summed E-state index contributed by atoms with van der Waals surface area (Å²) >= 11 is 6.42. The van der Waals surface area contributed by atoms with Gasteiger partial charge in [0.05, 0.1) is 23.3 Å². The average Bonchev–Trinajstić information content (AvgIpc) is 2.60. The predicted molar refractivity (Wildman–Crippen MR) is 93.8 cm³/mol. The van der Waals surface area contributed by atoms with Gasteiger partial charge in [-0.1, -0.05) is 11.6 Å². The fourth-order valence-corrected chi connectivity index (χ4v) is 3.27. The van der Waals surface area contributed by atoms with Crippen LogP contribution >= 0.6 is 11.6 Å². The molecule has 1 aliphatic heterocycles. The summed E-state index contributed by atoms with van der Waals surface area (Å²) in [6.45, 7) is 3.89. The van der Waals surface area contributed by atoms with Gasteiger partial charge in [0, 0.05) is 37.8 Å². The fourth-order valence-electron chi connectivity index (χ4n) is 3.00. The number of hydrogen-bond acceptors (Lipinski definition) is 5. The SMILES string of the molecule is COc1ccc2ncc(Cl)c(N3CCN(C(=O)C(C)O)CC3)c2c1. The van der Waals surface area contributed by atoms with Crippen LogP contribution in [-0.4, -0.2) is 60.3 Å². The second-order valence-corrected chi connectivity index (χ2v) is 6.23. The molecule has 2 aromatic rings. The standard InChI is InChI=1S/C17H20ClN3O3/c1-11(22)17(23)21-7-5-20(6-8-21)16-13-9-12(24-2)3-4-15(13)19-10-14(16)18/h3-4,9-11,22H,5-8H2,1-2H3. The van der Waals surface area contributed by atoms with Gasteiger partial charge in [0.25, 0.3) is 5.91 Å². The highest BCUT2D eigenvalue weighted by Gasteiger charge is 2.25. The molecule has 1 amide bonds. The molecule has 0 aliphatic carbocycles. The highest BCUT2D eigenvalue weighted by molar-refractivity contribution is 6.34. The number of benzene rings is 1. The highest BCUT2D eigenvalue weighted by atomic mass is 35.5. The third-order valence-corrected chi connectivity index (χ3v) is 4.54. The first-order valence-corrected chi connectivity index (χ1v) is 8.23. The van der Waals surface area contributed by atoms with Crippen LogP contribution in [0.3, 0.4) is 0 Å². The van der Waals surface area contributed by atoms with E-state index in [4.69, 9.17) is 16.3 Å². The quantitative estimate of drug-likeness (QED) is 0.917. The number of carbonyl (C=O) groups excluding carboxylic acids is 1. The lowest BCUT2D eigenvalue weighted by molar-refractivity contribution is -0.139. The lowest BCUT2D eigenvalue weighted by Crippen LogP contribution is -2.51. The van der Waals surface area contributed by atoms with Crippen molar-refractivity contribution in [2.45, 2.75) is 13.0 Å². The van der Waals surface area contributed by atoms with Gasteiger partial charge in [-0.2, -0.15) is 0 Å². The van der Waals surface area contributed by atoms with Crippen molar-refractivity contribution in [3.63, 3.8) is 0 Å². The summed E-state index contributed by atoms with van der Waals surface area (Å²) < 4.78 is 5.31. The van der Waals surface area contributed by atoms with Gasteiger partial charge in [-0.3, -0.25) is 9.78 Å². The summed E-state index contributed by atoms with van der Waals surface area (Å²) in [5.41, 5.74) is 1.75. The Hall–Kier alpha value is -2.05. The van der Waals surface area contributed by atoms with Gasteiger partial charge in [-0.25, -0.2) is 0 Å². The Kier molecular flexibility index (Phi) is 4.78. The number of aromatic nitrogens is 1. The van der Waals surface area contributed by atoms with Crippen LogP contribution < -0.4 is 9.64 Å². The van der Waals surface area contributed by atoms with E-state index in [-0.39, 0.29) is 5.91 Å². The first kappa shape index (κ1) is 16.8. The Morgan fingerprint density at radius 2 is 2.04 bits per heavy atom. The van der Waals surface area contributed by atoms with Crippen molar-refractivity contribution in [2.24, 2.45) is 0 Å². The van der Waals surface area contributed by atoms with E-state index in [0.717, 1.165) is 22.3 Å². The molecule has 1 unspecified atom stereocenters. The zero-order valence-corrected chi connectivity index (χ0v) is 14.5. The number of fused-ring (bicyclic) bond motifs is 1. The molecule has 1 aromatic carbocycles. The molecular formula is C17H20ClN3O3. The summed E-state index contributed by atoms with van der Waals surface area (Å²) in [7, 11) is 1.62. The number of hydrogen-bond donors (Lipinski definition) is 1. The molecule has 2 heterocycles. The van der Waals surface area contributed by atoms with Crippen LogP contribution in [0.4, 0.5) is 5.69 Å². The number of amides is 1. The Labute approximate surface area is 145 Å². The molecule has 0 spiro atoms. The van der Waals surface area contributed by atoms with Crippen molar-refractivity contribution in [2.75, 3.05) is 38.2 Å². The van der Waals surface area contributed by atoms with Crippen LogP contribution in [-0.2, 0) is 4.79 Å².